The summed E-state index contributed by atoms with van der Waals surface area (Å²) in [5.74, 6) is 2.67. The number of aryl methyl sites for hydroxylation is 1. The predicted octanol–water partition coefficient (Wildman–Crippen LogP) is 1.95. The van der Waals surface area contributed by atoms with Crippen molar-refractivity contribution in [2.24, 2.45) is 5.92 Å². The fourth-order valence-corrected chi connectivity index (χ4v) is 4.43. The fraction of sp³-hybridized carbons (Fsp3) is 0.500. The van der Waals surface area contributed by atoms with Crippen LogP contribution in [0.4, 0.5) is 5.69 Å². The molecule has 24 heavy (non-hydrogen) atoms. The molecule has 0 spiro atoms. The first kappa shape index (κ1) is 18.4. The van der Waals surface area contributed by atoms with Gasteiger partial charge in [0.2, 0.25) is 10.0 Å². The molecule has 1 aromatic carbocycles. The maximum absolute atomic E-state index is 12.8. The smallest absolute Gasteiger partial charge is 0.270 e. The SMILES string of the molecule is C#CCOCC1CCN(S(=O)(=O)c2cc([N+](=O)[O-])ccc2C)CC1. The molecular weight excluding hydrogens is 332 g/mol. The molecule has 130 valence electrons. The molecule has 1 heterocycles. The van der Waals surface area contributed by atoms with Crippen LogP contribution in [0.2, 0.25) is 0 Å². The van der Waals surface area contributed by atoms with Crippen LogP contribution in [-0.2, 0) is 14.8 Å². The molecule has 0 amide bonds. The molecule has 1 fully saturated rings. The lowest BCUT2D eigenvalue weighted by atomic mass is 9.99. The number of terminal acetylenes is 1. The number of nitro groups is 1. The van der Waals surface area contributed by atoms with E-state index >= 15 is 0 Å². The van der Waals surface area contributed by atoms with Gasteiger partial charge >= 0.3 is 0 Å². The summed E-state index contributed by atoms with van der Waals surface area (Å²) in [5.41, 5.74) is 0.275. The summed E-state index contributed by atoms with van der Waals surface area (Å²) in [4.78, 5) is 10.3. The first-order valence-electron chi connectivity index (χ1n) is 7.62. The predicted molar refractivity (Wildman–Crippen MR) is 89.0 cm³/mol. The van der Waals surface area contributed by atoms with Gasteiger partial charge in [0.05, 0.1) is 16.4 Å². The normalized spacial score (nSPS) is 16.7. The summed E-state index contributed by atoms with van der Waals surface area (Å²) in [5, 5.41) is 10.9. The van der Waals surface area contributed by atoms with Gasteiger partial charge < -0.3 is 4.74 Å². The van der Waals surface area contributed by atoms with Crippen LogP contribution in [0.3, 0.4) is 0 Å². The Morgan fingerprint density at radius 2 is 2.08 bits per heavy atom. The van der Waals surface area contributed by atoms with Crippen molar-refractivity contribution in [2.45, 2.75) is 24.7 Å². The van der Waals surface area contributed by atoms with Crippen molar-refractivity contribution in [3.8, 4) is 12.3 Å². The number of nitrogens with zero attached hydrogens (tertiary/aromatic N) is 2. The van der Waals surface area contributed by atoms with Crippen molar-refractivity contribution in [1.29, 1.82) is 0 Å². The van der Waals surface area contributed by atoms with Gasteiger partial charge in [-0.25, -0.2) is 8.42 Å². The third kappa shape index (κ3) is 4.12. The van der Waals surface area contributed by atoms with Gasteiger partial charge in [0.25, 0.3) is 5.69 Å². The highest BCUT2D eigenvalue weighted by molar-refractivity contribution is 7.89. The van der Waals surface area contributed by atoms with Crippen LogP contribution in [0.15, 0.2) is 23.1 Å². The molecule has 0 unspecified atom stereocenters. The Kier molecular flexibility index (Phi) is 5.94. The average Bonchev–Trinajstić information content (AvgIpc) is 2.55. The van der Waals surface area contributed by atoms with Crippen molar-refractivity contribution >= 4 is 15.7 Å². The third-order valence-corrected chi connectivity index (χ3v) is 6.15. The summed E-state index contributed by atoms with van der Waals surface area (Å²) in [7, 11) is -3.74. The lowest BCUT2D eigenvalue weighted by Gasteiger charge is -2.31. The van der Waals surface area contributed by atoms with E-state index in [4.69, 9.17) is 11.2 Å². The van der Waals surface area contributed by atoms with Gasteiger partial charge in [-0.2, -0.15) is 4.31 Å². The molecule has 2 rings (SSSR count). The van der Waals surface area contributed by atoms with Crippen molar-refractivity contribution in [1.82, 2.24) is 4.31 Å². The molecule has 0 saturated carbocycles. The Labute approximate surface area is 141 Å². The van der Waals surface area contributed by atoms with E-state index in [9.17, 15) is 18.5 Å². The Balaban J connectivity index is 2.11. The van der Waals surface area contributed by atoms with Crippen LogP contribution in [-0.4, -0.2) is 43.9 Å². The summed E-state index contributed by atoms with van der Waals surface area (Å²) in [6.07, 6.45) is 6.48. The van der Waals surface area contributed by atoms with E-state index in [1.165, 1.54) is 16.4 Å². The number of hydrogen-bond donors (Lipinski definition) is 0. The number of nitro benzene ring substituents is 1. The minimum atomic E-state index is -3.74. The van der Waals surface area contributed by atoms with Crippen molar-refractivity contribution in [2.75, 3.05) is 26.3 Å². The van der Waals surface area contributed by atoms with Crippen molar-refractivity contribution in [3.05, 3.63) is 33.9 Å². The molecule has 7 nitrogen and oxygen atoms in total. The quantitative estimate of drug-likeness (QED) is 0.338. The molecular formula is C16H20N2O5S. The molecule has 1 aromatic rings. The van der Waals surface area contributed by atoms with Gasteiger partial charge in [-0.3, -0.25) is 10.1 Å². The van der Waals surface area contributed by atoms with E-state index in [1.807, 2.05) is 0 Å². The lowest BCUT2D eigenvalue weighted by Crippen LogP contribution is -2.39. The second-order valence-electron chi connectivity index (χ2n) is 5.77. The molecule has 0 bridgehead atoms. The number of ether oxygens (including phenoxy) is 1. The molecule has 0 aliphatic carbocycles. The van der Waals surface area contributed by atoms with Gasteiger partial charge in [0.15, 0.2) is 0 Å². The Morgan fingerprint density at radius 1 is 1.42 bits per heavy atom. The molecule has 1 saturated heterocycles. The van der Waals surface area contributed by atoms with Crippen LogP contribution in [0, 0.1) is 35.3 Å². The lowest BCUT2D eigenvalue weighted by molar-refractivity contribution is -0.385. The van der Waals surface area contributed by atoms with Gasteiger partial charge in [-0.05, 0) is 31.2 Å². The number of sulfonamides is 1. The van der Waals surface area contributed by atoms with E-state index in [0.717, 1.165) is 6.07 Å². The zero-order valence-electron chi connectivity index (χ0n) is 13.5. The van der Waals surface area contributed by atoms with Crippen LogP contribution in [0.1, 0.15) is 18.4 Å². The highest BCUT2D eigenvalue weighted by Gasteiger charge is 2.31. The molecule has 0 atom stereocenters. The zero-order chi connectivity index (χ0) is 17.7. The first-order valence-corrected chi connectivity index (χ1v) is 9.06. The van der Waals surface area contributed by atoms with Gasteiger partial charge in [-0.1, -0.05) is 12.0 Å². The second-order valence-corrected chi connectivity index (χ2v) is 7.68. The van der Waals surface area contributed by atoms with Crippen molar-refractivity contribution < 1.29 is 18.1 Å². The van der Waals surface area contributed by atoms with E-state index in [-0.39, 0.29) is 23.1 Å². The van der Waals surface area contributed by atoms with Gasteiger partial charge in [0, 0.05) is 25.2 Å². The molecule has 0 aromatic heterocycles. The molecule has 8 heteroatoms. The highest BCUT2D eigenvalue weighted by Crippen LogP contribution is 2.28. The van der Waals surface area contributed by atoms with E-state index in [0.29, 0.717) is 38.1 Å². The number of rotatable bonds is 6. The number of benzene rings is 1. The van der Waals surface area contributed by atoms with Crippen LogP contribution in [0.25, 0.3) is 0 Å². The maximum Gasteiger partial charge on any atom is 0.270 e. The van der Waals surface area contributed by atoms with Crippen LogP contribution >= 0.6 is 0 Å². The summed E-state index contributed by atoms with van der Waals surface area (Å²) < 4.78 is 32.3. The number of piperidine rings is 1. The maximum atomic E-state index is 12.8. The minimum Gasteiger partial charge on any atom is -0.369 e. The largest absolute Gasteiger partial charge is 0.369 e. The molecule has 0 radical (unpaired) electrons. The van der Waals surface area contributed by atoms with Gasteiger partial charge in [-0.15, -0.1) is 6.42 Å². The summed E-state index contributed by atoms with van der Waals surface area (Å²) in [6.45, 7) is 3.15. The Morgan fingerprint density at radius 3 is 2.67 bits per heavy atom. The Hall–Kier alpha value is -1.95. The number of non-ortho nitro benzene ring substituents is 1. The van der Waals surface area contributed by atoms with Crippen LogP contribution in [0.5, 0.6) is 0 Å². The van der Waals surface area contributed by atoms with E-state index in [2.05, 4.69) is 5.92 Å². The van der Waals surface area contributed by atoms with Crippen LogP contribution < -0.4 is 0 Å². The topological polar surface area (TPSA) is 89.8 Å². The van der Waals surface area contributed by atoms with E-state index < -0.39 is 14.9 Å². The first-order chi connectivity index (χ1) is 11.4. The highest BCUT2D eigenvalue weighted by atomic mass is 32.2. The van der Waals surface area contributed by atoms with Crippen molar-refractivity contribution in [3.63, 3.8) is 0 Å². The summed E-state index contributed by atoms with van der Waals surface area (Å²) in [6, 6.07) is 3.90. The molecule has 0 N–H and O–H groups in total. The fourth-order valence-electron chi connectivity index (χ4n) is 2.72. The molecule has 1 aliphatic heterocycles. The monoisotopic (exact) mass is 352 g/mol. The zero-order valence-corrected chi connectivity index (χ0v) is 14.3. The minimum absolute atomic E-state index is 0.00117. The number of hydrogen-bond acceptors (Lipinski definition) is 5. The average molecular weight is 352 g/mol. The summed E-state index contributed by atoms with van der Waals surface area (Å²) >= 11 is 0. The van der Waals surface area contributed by atoms with E-state index in [1.54, 1.807) is 6.92 Å². The Bertz CT molecular complexity index is 746. The standard InChI is InChI=1S/C16H20N2O5S/c1-3-10-23-12-14-6-8-17(9-7-14)24(21,22)16-11-15(18(19)20)5-4-13(16)2/h1,4-5,11,14H,6-10,12H2,2H3. The third-order valence-electron chi connectivity index (χ3n) is 4.11. The molecule has 1 aliphatic rings. The second kappa shape index (κ2) is 7.75. The van der Waals surface area contributed by atoms with Gasteiger partial charge in [0.1, 0.15) is 6.61 Å².